The maximum Gasteiger partial charge on any atom is 0.341 e. The molecule has 0 atom stereocenters. The van der Waals surface area contributed by atoms with E-state index in [0.717, 1.165) is 12.8 Å². The Bertz CT molecular complexity index is 243. The van der Waals surface area contributed by atoms with Crippen LogP contribution in [0.15, 0.2) is 0 Å². The van der Waals surface area contributed by atoms with Crippen molar-refractivity contribution in [2.45, 2.75) is 32.7 Å². The predicted molar refractivity (Wildman–Crippen MR) is 60.3 cm³/mol. The molecular formula is C10H20N2O5. The molecule has 0 aliphatic carbocycles. The number of carbonyl (C=O) groups excluding carboxylic acids is 1. The summed E-state index contributed by atoms with van der Waals surface area (Å²) < 4.78 is 0. The van der Waals surface area contributed by atoms with Crippen LogP contribution >= 0.6 is 0 Å². The smallest absolute Gasteiger partial charge is 0.341 e. The number of aliphatic carboxylic acids is 1. The summed E-state index contributed by atoms with van der Waals surface area (Å²) in [6.45, 7) is 3.31. The molecule has 2 amide bonds. The number of hydroxylamine groups is 1. The lowest BCUT2D eigenvalue weighted by Crippen LogP contribution is -2.47. The maximum absolute atomic E-state index is 11.7. The zero-order valence-electron chi connectivity index (χ0n) is 10.2. The van der Waals surface area contributed by atoms with E-state index in [-0.39, 0.29) is 19.2 Å². The van der Waals surface area contributed by atoms with Gasteiger partial charge in [-0.1, -0.05) is 13.8 Å². The number of carbonyl (C=O) groups is 2. The van der Waals surface area contributed by atoms with Crippen LogP contribution in [0.4, 0.5) is 4.79 Å². The summed E-state index contributed by atoms with van der Waals surface area (Å²) in [7, 11) is 0. The first kappa shape index (κ1) is 15.7. The van der Waals surface area contributed by atoms with Crippen LogP contribution in [0, 0.1) is 0 Å². The van der Waals surface area contributed by atoms with Gasteiger partial charge in [0.1, 0.15) is 0 Å². The highest BCUT2D eigenvalue weighted by atomic mass is 16.7. The molecular weight excluding hydrogens is 228 g/mol. The predicted octanol–water partition coefficient (Wildman–Crippen LogP) is 0.195. The average Bonchev–Trinajstić information content (AvgIpc) is 2.28. The molecule has 0 aliphatic heterocycles. The molecule has 3 N–H and O–H groups in total. The van der Waals surface area contributed by atoms with Crippen LogP contribution in [-0.2, 0) is 9.63 Å². The van der Waals surface area contributed by atoms with Gasteiger partial charge in [-0.15, -0.1) is 0 Å². The third-order valence-electron chi connectivity index (χ3n) is 2.34. The Morgan fingerprint density at radius 1 is 1.35 bits per heavy atom. The molecule has 0 saturated carbocycles. The van der Waals surface area contributed by atoms with Gasteiger partial charge in [-0.3, -0.25) is 4.84 Å². The number of hydrogen-bond acceptors (Lipinski definition) is 4. The standard InChI is InChI=1S/C10H20N2O5/c1-3-8(4-2)12(5-6-13)10(16)11-17-7-9(14)15/h8,13H,3-7H2,1-2H3,(H,11,16)(H,14,15). The van der Waals surface area contributed by atoms with Crippen molar-refractivity contribution in [3.8, 4) is 0 Å². The fourth-order valence-electron chi connectivity index (χ4n) is 1.51. The van der Waals surface area contributed by atoms with Gasteiger partial charge in [0.15, 0.2) is 6.61 Å². The van der Waals surface area contributed by atoms with Gasteiger partial charge in [0, 0.05) is 12.6 Å². The second-order valence-corrected chi connectivity index (χ2v) is 3.48. The number of carboxylic acids is 1. The Hall–Kier alpha value is -1.34. The summed E-state index contributed by atoms with van der Waals surface area (Å²) in [5.41, 5.74) is 2.04. The molecule has 0 aliphatic rings. The summed E-state index contributed by atoms with van der Waals surface area (Å²) in [5, 5.41) is 17.2. The number of aliphatic hydroxyl groups excluding tert-OH is 1. The van der Waals surface area contributed by atoms with E-state index in [1.807, 2.05) is 19.3 Å². The van der Waals surface area contributed by atoms with Crippen LogP contribution in [0.3, 0.4) is 0 Å². The van der Waals surface area contributed by atoms with Crippen LogP contribution in [0.5, 0.6) is 0 Å². The minimum absolute atomic E-state index is 0.00409. The Labute approximate surface area is 100 Å². The number of carboxylic acid groups (broad SMARTS) is 1. The first-order chi connectivity index (χ1) is 8.06. The van der Waals surface area contributed by atoms with Crippen molar-refractivity contribution in [1.82, 2.24) is 10.4 Å². The van der Waals surface area contributed by atoms with Crippen molar-refractivity contribution in [2.75, 3.05) is 19.8 Å². The molecule has 0 fully saturated rings. The number of aliphatic hydroxyl groups is 1. The minimum atomic E-state index is -1.17. The summed E-state index contributed by atoms with van der Waals surface area (Å²) in [6, 6.07) is -0.537. The molecule has 0 spiro atoms. The topological polar surface area (TPSA) is 99.1 Å². The number of nitrogens with zero attached hydrogens (tertiary/aromatic N) is 1. The highest BCUT2D eigenvalue weighted by Gasteiger charge is 2.20. The van der Waals surface area contributed by atoms with E-state index < -0.39 is 18.6 Å². The molecule has 0 saturated heterocycles. The molecule has 100 valence electrons. The SMILES string of the molecule is CCC(CC)N(CCO)C(=O)NOCC(=O)O. The maximum atomic E-state index is 11.7. The average molecular weight is 248 g/mol. The zero-order chi connectivity index (χ0) is 13.3. The van der Waals surface area contributed by atoms with E-state index in [0.29, 0.717) is 0 Å². The Kier molecular flexibility index (Phi) is 8.08. The van der Waals surface area contributed by atoms with E-state index in [1.165, 1.54) is 4.90 Å². The molecule has 0 bridgehead atoms. The van der Waals surface area contributed by atoms with E-state index in [9.17, 15) is 9.59 Å². The van der Waals surface area contributed by atoms with Gasteiger partial charge in [0.25, 0.3) is 0 Å². The zero-order valence-corrected chi connectivity index (χ0v) is 10.2. The van der Waals surface area contributed by atoms with Crippen LogP contribution in [-0.4, -0.2) is 52.9 Å². The van der Waals surface area contributed by atoms with Crippen LogP contribution in [0.1, 0.15) is 26.7 Å². The van der Waals surface area contributed by atoms with Crippen LogP contribution < -0.4 is 5.48 Å². The Morgan fingerprint density at radius 2 is 1.94 bits per heavy atom. The van der Waals surface area contributed by atoms with E-state index >= 15 is 0 Å². The number of urea groups is 1. The van der Waals surface area contributed by atoms with Crippen molar-refractivity contribution in [1.29, 1.82) is 0 Å². The number of nitrogens with one attached hydrogen (secondary N) is 1. The highest BCUT2D eigenvalue weighted by molar-refractivity contribution is 5.74. The summed E-state index contributed by atoms with van der Waals surface area (Å²) in [4.78, 5) is 27.8. The summed E-state index contributed by atoms with van der Waals surface area (Å²) in [5.74, 6) is -1.17. The highest BCUT2D eigenvalue weighted by Crippen LogP contribution is 2.08. The normalized spacial score (nSPS) is 10.4. The van der Waals surface area contributed by atoms with Crippen molar-refractivity contribution in [2.24, 2.45) is 0 Å². The number of hydrogen-bond donors (Lipinski definition) is 3. The van der Waals surface area contributed by atoms with E-state index in [4.69, 9.17) is 10.2 Å². The van der Waals surface area contributed by atoms with Crippen molar-refractivity contribution >= 4 is 12.0 Å². The molecule has 0 heterocycles. The van der Waals surface area contributed by atoms with Gasteiger partial charge in [0.2, 0.25) is 0 Å². The van der Waals surface area contributed by atoms with Crippen molar-refractivity contribution in [3.05, 3.63) is 0 Å². The quantitative estimate of drug-likeness (QED) is 0.533. The van der Waals surface area contributed by atoms with Crippen LogP contribution in [0.2, 0.25) is 0 Å². The van der Waals surface area contributed by atoms with Gasteiger partial charge in [-0.05, 0) is 12.8 Å². The molecule has 7 nitrogen and oxygen atoms in total. The molecule has 0 rings (SSSR count). The molecule has 0 radical (unpaired) electrons. The third kappa shape index (κ3) is 6.08. The van der Waals surface area contributed by atoms with Crippen LogP contribution in [0.25, 0.3) is 0 Å². The van der Waals surface area contributed by atoms with Gasteiger partial charge >= 0.3 is 12.0 Å². The minimum Gasteiger partial charge on any atom is -0.479 e. The Morgan fingerprint density at radius 3 is 2.35 bits per heavy atom. The lowest BCUT2D eigenvalue weighted by molar-refractivity contribution is -0.144. The lowest BCUT2D eigenvalue weighted by Gasteiger charge is -2.29. The number of amides is 2. The fraction of sp³-hybridized carbons (Fsp3) is 0.800. The van der Waals surface area contributed by atoms with Gasteiger partial charge in [-0.2, -0.15) is 0 Å². The molecule has 0 aromatic carbocycles. The lowest BCUT2D eigenvalue weighted by atomic mass is 10.1. The molecule has 0 unspecified atom stereocenters. The summed E-state index contributed by atoms with van der Waals surface area (Å²) in [6.07, 6.45) is 1.51. The molecule has 7 heteroatoms. The summed E-state index contributed by atoms with van der Waals surface area (Å²) >= 11 is 0. The van der Waals surface area contributed by atoms with E-state index in [2.05, 4.69) is 4.84 Å². The monoisotopic (exact) mass is 248 g/mol. The second-order valence-electron chi connectivity index (χ2n) is 3.48. The van der Waals surface area contributed by atoms with E-state index in [1.54, 1.807) is 0 Å². The third-order valence-corrected chi connectivity index (χ3v) is 2.34. The van der Waals surface area contributed by atoms with Gasteiger partial charge in [0.05, 0.1) is 6.61 Å². The molecule has 17 heavy (non-hydrogen) atoms. The largest absolute Gasteiger partial charge is 0.479 e. The van der Waals surface area contributed by atoms with Gasteiger partial charge in [-0.25, -0.2) is 15.1 Å². The second kappa shape index (κ2) is 8.77. The molecule has 0 aromatic rings. The van der Waals surface area contributed by atoms with Crippen molar-refractivity contribution < 1.29 is 24.6 Å². The van der Waals surface area contributed by atoms with Gasteiger partial charge < -0.3 is 15.1 Å². The van der Waals surface area contributed by atoms with Crippen molar-refractivity contribution in [3.63, 3.8) is 0 Å². The first-order valence-corrected chi connectivity index (χ1v) is 5.57. The molecule has 0 aromatic heterocycles. The Balaban J connectivity index is 4.27. The number of rotatable bonds is 8. The fourth-order valence-corrected chi connectivity index (χ4v) is 1.51. The first-order valence-electron chi connectivity index (χ1n) is 5.57.